The van der Waals surface area contributed by atoms with Crippen LogP contribution < -0.4 is 9.84 Å². The molecule has 5 nitrogen and oxygen atoms in total. The number of nitrogens with one attached hydrogen (secondary N) is 1. The molecule has 1 fully saturated rings. The molecule has 1 atom stereocenters. The number of anilines is 1. The smallest absolute Gasteiger partial charge is 0.248 e. The Kier molecular flexibility index (Phi) is 9.76. The van der Waals surface area contributed by atoms with Crippen molar-refractivity contribution < 1.29 is 46.2 Å². The summed E-state index contributed by atoms with van der Waals surface area (Å²) in [5, 5.41) is 10.6. The summed E-state index contributed by atoms with van der Waals surface area (Å²) in [5.41, 5.74) is 5.59. The Bertz CT molecular complexity index is 838. The van der Waals surface area contributed by atoms with Crippen molar-refractivity contribution in [2.24, 2.45) is 5.92 Å². The van der Waals surface area contributed by atoms with Crippen LogP contribution in [0.15, 0.2) is 48.5 Å². The van der Waals surface area contributed by atoms with Crippen molar-refractivity contribution in [3.05, 3.63) is 65.7 Å². The van der Waals surface area contributed by atoms with Gasteiger partial charge >= 0.3 is 0 Å². The van der Waals surface area contributed by atoms with Gasteiger partial charge in [0, 0.05) is 39.3 Å². The maximum Gasteiger partial charge on any atom is 0.248 e. The van der Waals surface area contributed by atoms with Crippen molar-refractivity contribution in [3.63, 3.8) is 0 Å². The molecule has 7 heteroatoms. The summed E-state index contributed by atoms with van der Waals surface area (Å²) in [6.07, 6.45) is 4.69. The van der Waals surface area contributed by atoms with Crippen molar-refractivity contribution in [2.45, 2.75) is 45.1 Å². The van der Waals surface area contributed by atoms with Crippen LogP contribution in [-0.2, 0) is 49.2 Å². The van der Waals surface area contributed by atoms with Gasteiger partial charge in [0.05, 0.1) is 17.5 Å². The minimum absolute atomic E-state index is 0. The Hall–Kier alpha value is -0.786. The third kappa shape index (κ3) is 6.60. The first-order valence-corrected chi connectivity index (χ1v) is 11.6. The number of benzene rings is 2. The van der Waals surface area contributed by atoms with E-state index in [1.54, 1.807) is 19.1 Å². The fourth-order valence-corrected chi connectivity index (χ4v) is 4.71. The molecule has 0 aliphatic heterocycles. The van der Waals surface area contributed by atoms with E-state index in [4.69, 9.17) is 0 Å². The molecule has 0 amide bonds. The van der Waals surface area contributed by atoms with Crippen molar-refractivity contribution in [2.75, 3.05) is 16.7 Å². The van der Waals surface area contributed by atoms with Gasteiger partial charge in [0.1, 0.15) is 0 Å². The summed E-state index contributed by atoms with van der Waals surface area (Å²) in [4.78, 5) is 0. The first-order chi connectivity index (χ1) is 13.5. The fourth-order valence-electron chi connectivity index (χ4n) is 3.72. The van der Waals surface area contributed by atoms with Gasteiger partial charge in [-0.25, -0.2) is 18.3 Å². The molecule has 1 saturated carbocycles. The first-order valence-electron chi connectivity index (χ1n) is 10.0. The van der Waals surface area contributed by atoms with Crippen LogP contribution in [0.3, 0.4) is 0 Å². The molecule has 0 aromatic heterocycles. The molecule has 1 radical (unpaired) electrons. The number of aliphatic hydroxyl groups excluding tert-OH is 1. The Morgan fingerprint density at radius 1 is 1.14 bits per heavy atom. The number of hydrogen-bond donors (Lipinski definition) is 2. The second-order valence-corrected chi connectivity index (χ2v) is 9.42. The molecule has 2 N–H and O–H groups in total. The van der Waals surface area contributed by atoms with Gasteiger partial charge in [-0.05, 0) is 49.8 Å². The summed E-state index contributed by atoms with van der Waals surface area (Å²) >= 11 is 0. The standard InChI is InChI=1S/C22H29N2O3S.Y/c1-2-28(26,27)24(23-17-16-18-8-4-3-5-9-18)21-14-12-20(13-15-21)22(25)19-10-6-7-11-19;/h4-5,8-9,12-15,19,22-23,25H,2,6-7,10-11,16-17H2,1H3;/q-1;. The summed E-state index contributed by atoms with van der Waals surface area (Å²) in [6.45, 7) is 2.13. The van der Waals surface area contributed by atoms with Crippen molar-refractivity contribution in [1.82, 2.24) is 5.43 Å². The number of nitrogens with zero attached hydrogens (tertiary/aromatic N) is 1. The van der Waals surface area contributed by atoms with E-state index in [0.717, 1.165) is 24.0 Å². The zero-order chi connectivity index (χ0) is 20.0. The molecule has 0 saturated heterocycles. The molecular weight excluding hydrogens is 461 g/mol. The average Bonchev–Trinajstić information content (AvgIpc) is 3.26. The van der Waals surface area contributed by atoms with Crippen molar-refractivity contribution in [1.29, 1.82) is 0 Å². The molecule has 1 aliphatic rings. The quantitative estimate of drug-likeness (QED) is 0.416. The van der Waals surface area contributed by atoms with Crippen LogP contribution >= 0.6 is 0 Å². The van der Waals surface area contributed by atoms with Crippen LogP contribution in [0.1, 0.15) is 49.8 Å². The van der Waals surface area contributed by atoms with E-state index in [1.165, 1.54) is 17.3 Å². The Labute approximate surface area is 199 Å². The Morgan fingerprint density at radius 2 is 1.76 bits per heavy atom. The Morgan fingerprint density at radius 3 is 2.34 bits per heavy atom. The van der Waals surface area contributed by atoms with E-state index in [9.17, 15) is 13.5 Å². The fraction of sp³-hybridized carbons (Fsp3) is 0.455. The van der Waals surface area contributed by atoms with Crippen molar-refractivity contribution in [3.8, 4) is 0 Å². The summed E-state index contributed by atoms with van der Waals surface area (Å²) in [6, 6.07) is 17.8. The van der Waals surface area contributed by atoms with Crippen LogP contribution in [0.25, 0.3) is 0 Å². The first kappa shape index (κ1) is 24.5. The zero-order valence-electron chi connectivity index (χ0n) is 16.9. The van der Waals surface area contributed by atoms with Gasteiger partial charge in [-0.3, -0.25) is 0 Å². The molecule has 0 heterocycles. The number of hydrogen-bond acceptors (Lipinski definition) is 4. The summed E-state index contributed by atoms with van der Waals surface area (Å²) in [7, 11) is -3.46. The number of sulfonamides is 1. The Balaban J connectivity index is 0.00000300. The van der Waals surface area contributed by atoms with Gasteiger partial charge in [-0.2, -0.15) is 35.9 Å². The maximum atomic E-state index is 12.6. The normalized spacial score (nSPS) is 15.7. The van der Waals surface area contributed by atoms with Gasteiger partial charge in [-0.15, -0.1) is 0 Å². The minimum atomic E-state index is -3.46. The van der Waals surface area contributed by atoms with Gasteiger partial charge < -0.3 is 5.11 Å². The molecule has 29 heavy (non-hydrogen) atoms. The predicted molar refractivity (Wildman–Crippen MR) is 112 cm³/mol. The number of hydrazine groups is 1. The van der Waals surface area contributed by atoms with E-state index in [-0.39, 0.29) is 38.5 Å². The van der Waals surface area contributed by atoms with Gasteiger partial charge in [0.25, 0.3) is 0 Å². The molecular formula is C22H29N2O3SY-. The third-order valence-electron chi connectivity index (χ3n) is 5.41. The van der Waals surface area contributed by atoms with Gasteiger partial charge in [-0.1, -0.05) is 25.0 Å². The van der Waals surface area contributed by atoms with Crippen molar-refractivity contribution >= 4 is 15.7 Å². The molecule has 155 valence electrons. The van der Waals surface area contributed by atoms with Crippen LogP contribution in [0.2, 0.25) is 0 Å². The molecule has 1 unspecified atom stereocenters. The zero-order valence-corrected chi connectivity index (χ0v) is 20.6. The average molecular weight is 490 g/mol. The third-order valence-corrected chi connectivity index (χ3v) is 7.04. The van der Waals surface area contributed by atoms with E-state index in [0.29, 0.717) is 24.6 Å². The maximum absolute atomic E-state index is 12.6. The molecule has 0 spiro atoms. The second kappa shape index (κ2) is 11.6. The molecule has 2 aromatic carbocycles. The topological polar surface area (TPSA) is 69.6 Å². The monoisotopic (exact) mass is 490 g/mol. The van der Waals surface area contributed by atoms with Crippen LogP contribution in [-0.4, -0.2) is 25.8 Å². The van der Waals surface area contributed by atoms with Gasteiger partial charge in [0.2, 0.25) is 10.0 Å². The number of rotatable bonds is 9. The summed E-state index contributed by atoms with van der Waals surface area (Å²) < 4.78 is 26.4. The van der Waals surface area contributed by atoms with E-state index >= 15 is 0 Å². The largest absolute Gasteiger partial charge is 0.388 e. The molecule has 1 aliphatic carbocycles. The van der Waals surface area contributed by atoms with Crippen LogP contribution in [0, 0.1) is 12.0 Å². The van der Waals surface area contributed by atoms with E-state index in [2.05, 4.69) is 11.5 Å². The minimum Gasteiger partial charge on any atom is -0.388 e. The van der Waals surface area contributed by atoms with Crippen LogP contribution in [0.5, 0.6) is 0 Å². The summed E-state index contributed by atoms with van der Waals surface area (Å²) in [5.74, 6) is 0.315. The van der Waals surface area contributed by atoms with E-state index in [1.807, 2.05) is 36.4 Å². The predicted octanol–water partition coefficient (Wildman–Crippen LogP) is 3.61. The molecule has 3 rings (SSSR count). The SMILES string of the molecule is CCS(=O)(=O)N(NCCc1cc[c-]cc1)c1ccc(C(O)C2CCCC2)cc1.[Y]. The number of aliphatic hydroxyl groups is 1. The second-order valence-electron chi connectivity index (χ2n) is 7.31. The van der Waals surface area contributed by atoms with E-state index < -0.39 is 16.1 Å². The van der Waals surface area contributed by atoms with Crippen LogP contribution in [0.4, 0.5) is 5.69 Å². The molecule has 2 aromatic rings. The van der Waals surface area contributed by atoms with Gasteiger partial charge in [0.15, 0.2) is 0 Å². The molecule has 0 bridgehead atoms.